The van der Waals surface area contributed by atoms with E-state index >= 15 is 0 Å². The molecule has 0 aliphatic carbocycles. The number of hydroxylamine groups is 8. The van der Waals surface area contributed by atoms with Crippen molar-refractivity contribution in [1.29, 1.82) is 0 Å². The van der Waals surface area contributed by atoms with E-state index in [4.69, 9.17) is 15.0 Å². The first kappa shape index (κ1) is 45.1. The van der Waals surface area contributed by atoms with Crippen LogP contribution in [0.15, 0.2) is 0 Å². The van der Waals surface area contributed by atoms with Crippen LogP contribution in [0.3, 0.4) is 0 Å². The summed E-state index contributed by atoms with van der Waals surface area (Å²) in [5.41, 5.74) is -4.46. The smallest absolute Gasteiger partial charge is 0.232 e. The fourth-order valence-electron chi connectivity index (χ4n) is 11.7. The maximum absolute atomic E-state index is 11.5. The minimum atomic E-state index is -0.557. The molecule has 4 aliphatic rings. The molecule has 0 atom stereocenters. The molecule has 0 bridgehead atoms. The Morgan fingerprint density at radius 1 is 0.446 bits per heavy atom. The van der Waals surface area contributed by atoms with Crippen molar-refractivity contribution >= 4 is 17.8 Å². The van der Waals surface area contributed by atoms with E-state index in [0.29, 0.717) is 69.2 Å². The van der Waals surface area contributed by atoms with Crippen molar-refractivity contribution in [1.82, 2.24) is 35.2 Å². The lowest BCUT2D eigenvalue weighted by molar-refractivity contribution is -0.251. The molecule has 4 saturated heterocycles. The van der Waals surface area contributed by atoms with Crippen molar-refractivity contribution in [3.8, 4) is 0 Å². The second kappa shape index (κ2) is 14.6. The van der Waals surface area contributed by atoms with Crippen LogP contribution in [0.2, 0.25) is 0 Å². The topological polar surface area (TPSA) is 171 Å². The summed E-state index contributed by atoms with van der Waals surface area (Å²) in [6, 6.07) is -0.313. The van der Waals surface area contributed by atoms with Gasteiger partial charge in [0.15, 0.2) is 0 Å². The van der Waals surface area contributed by atoms with Crippen molar-refractivity contribution in [2.24, 2.45) is 0 Å². The molecule has 15 nitrogen and oxygen atoms in total. The summed E-state index contributed by atoms with van der Waals surface area (Å²) < 4.78 is 0. The van der Waals surface area contributed by atoms with Gasteiger partial charge in [0.05, 0.1) is 6.61 Å². The Balaban J connectivity index is 1.77. The Kier molecular flexibility index (Phi) is 11.8. The van der Waals surface area contributed by atoms with Crippen molar-refractivity contribution in [3.05, 3.63) is 0 Å². The van der Waals surface area contributed by atoms with Gasteiger partial charge in [0, 0.05) is 75.0 Å². The van der Waals surface area contributed by atoms with Gasteiger partial charge in [-0.15, -0.1) is 0 Å². The van der Waals surface area contributed by atoms with E-state index in [9.17, 15) is 25.9 Å². The lowest BCUT2D eigenvalue weighted by Gasteiger charge is -2.58. The highest BCUT2D eigenvalue weighted by molar-refractivity contribution is 5.49. The van der Waals surface area contributed by atoms with Gasteiger partial charge >= 0.3 is 0 Å². The normalized spacial score (nSPS) is 28.6. The predicted octanol–water partition coefficient (Wildman–Crippen LogP) is 6.53. The highest BCUT2D eigenvalue weighted by Crippen LogP contribution is 2.48. The van der Waals surface area contributed by atoms with Crippen LogP contribution < -0.4 is 15.1 Å². The molecular formula is C41H78N10O5. The number of nitrogens with one attached hydrogen (secondary N) is 1. The number of aliphatic hydroxyl groups excluding tert-OH is 1. The van der Waals surface area contributed by atoms with E-state index in [1.54, 1.807) is 0 Å². The van der Waals surface area contributed by atoms with E-state index in [-0.39, 0.29) is 37.3 Å². The molecule has 0 aromatic carbocycles. The monoisotopic (exact) mass is 791 g/mol. The zero-order chi connectivity index (χ0) is 42.4. The first-order valence-electron chi connectivity index (χ1n) is 20.9. The van der Waals surface area contributed by atoms with E-state index < -0.39 is 44.3 Å². The zero-order valence-corrected chi connectivity index (χ0v) is 37.6. The Bertz CT molecular complexity index is 1300. The molecule has 0 spiro atoms. The van der Waals surface area contributed by atoms with Gasteiger partial charge in [-0.2, -0.15) is 35.2 Å². The third kappa shape index (κ3) is 8.54. The van der Waals surface area contributed by atoms with Crippen LogP contribution in [0, 0.1) is 0 Å². The highest BCUT2D eigenvalue weighted by Gasteiger charge is 2.55. The molecule has 1 aromatic heterocycles. The van der Waals surface area contributed by atoms with Crippen LogP contribution in [0.5, 0.6) is 0 Å². The van der Waals surface area contributed by atoms with Crippen LogP contribution in [-0.2, 0) is 0 Å². The predicted molar refractivity (Wildman–Crippen MR) is 220 cm³/mol. The molecule has 56 heavy (non-hydrogen) atoms. The SMILES string of the molecule is CC1(C)CC(N(c2nc(NCCO)nc(N(C3CC(C)(C)N(O)C(C)(C)C3)C3CC(C)(C)N(O)C(C)(C)C3)n2)C2CC(C)(C)N(O)C(C)(C)C2)CC(C)(C)N1O. The average molecular weight is 791 g/mol. The molecule has 322 valence electrons. The fraction of sp³-hybridized carbons (Fsp3) is 0.927. The van der Waals surface area contributed by atoms with Crippen LogP contribution in [0.1, 0.15) is 162 Å². The summed E-state index contributed by atoms with van der Waals surface area (Å²) in [7, 11) is 0. The van der Waals surface area contributed by atoms with Crippen LogP contribution >= 0.6 is 0 Å². The largest absolute Gasteiger partial charge is 0.395 e. The van der Waals surface area contributed by atoms with Gasteiger partial charge in [0.2, 0.25) is 17.8 Å². The minimum Gasteiger partial charge on any atom is -0.395 e. The molecule has 0 amide bonds. The number of aliphatic hydroxyl groups is 1. The van der Waals surface area contributed by atoms with E-state index in [0.717, 1.165) is 0 Å². The highest BCUT2D eigenvalue weighted by atomic mass is 16.5. The van der Waals surface area contributed by atoms with Gasteiger partial charge in [0.25, 0.3) is 0 Å². The first-order valence-corrected chi connectivity index (χ1v) is 20.9. The first-order chi connectivity index (χ1) is 25.3. The summed E-state index contributed by atoms with van der Waals surface area (Å²) in [4.78, 5) is 20.6. The van der Waals surface area contributed by atoms with Gasteiger partial charge in [-0.3, -0.25) is 0 Å². The summed E-state index contributed by atoms with van der Waals surface area (Å²) in [5, 5.41) is 65.1. The molecule has 4 fully saturated rings. The second-order valence-corrected chi connectivity index (χ2v) is 22.7. The molecule has 15 heteroatoms. The van der Waals surface area contributed by atoms with Crippen molar-refractivity contribution < 1.29 is 25.9 Å². The number of hydrogen-bond donors (Lipinski definition) is 6. The molecule has 5 rings (SSSR count). The maximum Gasteiger partial charge on any atom is 0.232 e. The molecule has 6 N–H and O–H groups in total. The zero-order valence-electron chi connectivity index (χ0n) is 37.6. The molecule has 0 radical (unpaired) electrons. The molecule has 0 saturated carbocycles. The second-order valence-electron chi connectivity index (χ2n) is 22.7. The lowest BCUT2D eigenvalue weighted by atomic mass is 9.74. The number of anilines is 3. The Morgan fingerprint density at radius 3 is 0.857 bits per heavy atom. The van der Waals surface area contributed by atoms with Crippen LogP contribution in [0.25, 0.3) is 0 Å². The third-order valence-electron chi connectivity index (χ3n) is 13.5. The summed E-state index contributed by atoms with van der Waals surface area (Å²) >= 11 is 0. The average Bonchev–Trinajstić information content (AvgIpc) is 3.02. The molecule has 1 aromatic rings. The fourth-order valence-corrected chi connectivity index (χ4v) is 11.7. The third-order valence-corrected chi connectivity index (χ3v) is 13.5. The molecule has 4 aliphatic heterocycles. The lowest BCUT2D eigenvalue weighted by Crippen LogP contribution is -2.68. The van der Waals surface area contributed by atoms with E-state index in [2.05, 4.69) is 126 Å². The van der Waals surface area contributed by atoms with Gasteiger partial charge < -0.3 is 41.1 Å². The summed E-state index contributed by atoms with van der Waals surface area (Å²) in [6.45, 7) is 33.4. The van der Waals surface area contributed by atoms with Crippen molar-refractivity contribution in [2.45, 2.75) is 231 Å². The number of aromatic nitrogens is 3. The number of hydrogen-bond acceptors (Lipinski definition) is 15. The van der Waals surface area contributed by atoms with Crippen molar-refractivity contribution in [3.63, 3.8) is 0 Å². The van der Waals surface area contributed by atoms with Gasteiger partial charge in [0.1, 0.15) is 0 Å². The molecular weight excluding hydrogens is 713 g/mol. The van der Waals surface area contributed by atoms with Gasteiger partial charge in [-0.05, 0) is 162 Å². The van der Waals surface area contributed by atoms with Crippen LogP contribution in [-0.4, -0.2) is 143 Å². The molecule has 0 unspecified atom stereocenters. The Hall–Kier alpha value is -1.95. The summed E-state index contributed by atoms with van der Waals surface area (Å²) in [5.74, 6) is 1.40. The molecule has 5 heterocycles. The van der Waals surface area contributed by atoms with Crippen LogP contribution in [0.4, 0.5) is 17.8 Å². The van der Waals surface area contributed by atoms with Gasteiger partial charge in [-0.1, -0.05) is 0 Å². The van der Waals surface area contributed by atoms with E-state index in [1.807, 2.05) is 0 Å². The van der Waals surface area contributed by atoms with Crippen molar-refractivity contribution in [2.75, 3.05) is 28.3 Å². The maximum atomic E-state index is 11.5. The quantitative estimate of drug-likeness (QED) is 0.159. The standard InChI is InChI=1S/C41H78N10O5/c1-34(2)19-27(20-35(3,4)48(34)53)46(28-21-36(5,6)49(54)37(7,8)22-28)32-43-31(42-17-18-52)44-33(45-32)47(29-23-38(9,10)50(55)39(11,12)24-29)30-25-40(13,14)51(56)41(15,16)26-30/h27-30,52-56H,17-26H2,1-16H3,(H,42,43,44,45). The Labute approximate surface area is 337 Å². The number of nitrogens with zero attached hydrogens (tertiary/aromatic N) is 9. The summed E-state index contributed by atoms with van der Waals surface area (Å²) in [6.07, 6.45) is 5.16. The minimum absolute atomic E-state index is 0.0781. The number of rotatable bonds is 9. The number of piperidine rings is 4. The van der Waals surface area contributed by atoms with Gasteiger partial charge in [-0.25, -0.2) is 0 Å². The Morgan fingerprint density at radius 2 is 0.661 bits per heavy atom. The van der Waals surface area contributed by atoms with E-state index in [1.165, 1.54) is 20.3 Å².